The Morgan fingerprint density at radius 3 is 3.06 bits per heavy atom. The zero-order valence-electron chi connectivity index (χ0n) is 9.31. The molecule has 0 radical (unpaired) electrons. The second-order valence-corrected chi connectivity index (χ2v) is 3.44. The third-order valence-corrected chi connectivity index (χ3v) is 1.97. The van der Waals surface area contributed by atoms with E-state index < -0.39 is 18.0 Å². The van der Waals surface area contributed by atoms with Crippen molar-refractivity contribution in [3.63, 3.8) is 0 Å². The van der Waals surface area contributed by atoms with Crippen LogP contribution in [-0.2, 0) is 6.54 Å². The highest BCUT2D eigenvalue weighted by Gasteiger charge is 2.11. The first-order chi connectivity index (χ1) is 8.02. The highest BCUT2D eigenvalue weighted by Crippen LogP contribution is 2.16. The van der Waals surface area contributed by atoms with Crippen molar-refractivity contribution in [1.82, 2.24) is 10.3 Å². The van der Waals surface area contributed by atoms with Gasteiger partial charge in [-0.2, -0.15) is 0 Å². The fourth-order valence-corrected chi connectivity index (χ4v) is 1.18. The largest absolute Gasteiger partial charge is 0.473 e. The van der Waals surface area contributed by atoms with Crippen LogP contribution in [0.1, 0.15) is 12.5 Å². The lowest BCUT2D eigenvalue weighted by Gasteiger charge is -2.15. The van der Waals surface area contributed by atoms with Gasteiger partial charge in [-0.15, -0.1) is 0 Å². The number of carbonyl (C=O) groups is 1. The van der Waals surface area contributed by atoms with Gasteiger partial charge in [0.2, 0.25) is 5.88 Å². The second kappa shape index (κ2) is 6.00. The van der Waals surface area contributed by atoms with Crippen LogP contribution in [0.5, 0.6) is 5.88 Å². The molecule has 0 fully saturated rings. The van der Waals surface area contributed by atoms with Gasteiger partial charge in [0, 0.05) is 12.1 Å². The molecule has 0 aliphatic heterocycles. The summed E-state index contributed by atoms with van der Waals surface area (Å²) in [7, 11) is 0. The van der Waals surface area contributed by atoms with Gasteiger partial charge in [0.15, 0.2) is 0 Å². The molecule has 4 N–H and O–H groups in total. The van der Waals surface area contributed by atoms with E-state index in [9.17, 15) is 9.18 Å². The molecule has 0 aliphatic rings. The molecule has 0 aromatic carbocycles. The van der Waals surface area contributed by atoms with Crippen LogP contribution in [0.2, 0.25) is 0 Å². The quantitative estimate of drug-likeness (QED) is 0.707. The molecular formula is C10H14FN3O3. The standard InChI is InChI=1S/C10H14FN3O3/c1-6(4-14-10(15)16)17-9-7(3-12)2-8(11)5-13-9/h2,5-6,14H,3-4,12H2,1H3,(H,15,16). The molecule has 0 saturated carbocycles. The van der Waals surface area contributed by atoms with E-state index in [2.05, 4.69) is 10.3 Å². The van der Waals surface area contributed by atoms with Gasteiger partial charge in [-0.3, -0.25) is 0 Å². The SMILES string of the molecule is CC(CNC(=O)O)Oc1ncc(F)cc1CN. The summed E-state index contributed by atoms with van der Waals surface area (Å²) in [6, 6.07) is 1.24. The van der Waals surface area contributed by atoms with Crippen molar-refractivity contribution in [1.29, 1.82) is 0 Å². The number of nitrogens with zero attached hydrogens (tertiary/aromatic N) is 1. The van der Waals surface area contributed by atoms with Gasteiger partial charge in [0.1, 0.15) is 11.9 Å². The first-order valence-corrected chi connectivity index (χ1v) is 5.01. The average molecular weight is 243 g/mol. The predicted molar refractivity (Wildman–Crippen MR) is 58.2 cm³/mol. The van der Waals surface area contributed by atoms with E-state index in [0.29, 0.717) is 5.56 Å². The number of halogens is 1. The lowest BCUT2D eigenvalue weighted by Crippen LogP contribution is -2.32. The number of aromatic nitrogens is 1. The Labute approximate surface area is 97.6 Å². The maximum atomic E-state index is 12.9. The summed E-state index contributed by atoms with van der Waals surface area (Å²) in [5, 5.41) is 10.6. The van der Waals surface area contributed by atoms with E-state index in [4.69, 9.17) is 15.6 Å². The van der Waals surface area contributed by atoms with E-state index in [1.54, 1.807) is 6.92 Å². The topological polar surface area (TPSA) is 97.5 Å². The second-order valence-electron chi connectivity index (χ2n) is 3.44. The highest BCUT2D eigenvalue weighted by molar-refractivity contribution is 5.64. The summed E-state index contributed by atoms with van der Waals surface area (Å²) < 4.78 is 18.2. The average Bonchev–Trinajstić information content (AvgIpc) is 2.28. The van der Waals surface area contributed by atoms with Crippen LogP contribution in [0.25, 0.3) is 0 Å². The molecule has 1 aromatic rings. The molecule has 94 valence electrons. The number of nitrogens with one attached hydrogen (secondary N) is 1. The fourth-order valence-electron chi connectivity index (χ4n) is 1.18. The van der Waals surface area contributed by atoms with E-state index >= 15 is 0 Å². The van der Waals surface area contributed by atoms with Gasteiger partial charge in [-0.05, 0) is 13.0 Å². The molecule has 1 heterocycles. The predicted octanol–water partition coefficient (Wildman–Crippen LogP) is 0.714. The van der Waals surface area contributed by atoms with Gasteiger partial charge in [0.25, 0.3) is 0 Å². The maximum absolute atomic E-state index is 12.9. The third-order valence-electron chi connectivity index (χ3n) is 1.97. The molecule has 0 spiro atoms. The third kappa shape index (κ3) is 4.23. The Balaban J connectivity index is 2.64. The normalized spacial score (nSPS) is 11.9. The smallest absolute Gasteiger partial charge is 0.404 e. The Morgan fingerprint density at radius 1 is 1.76 bits per heavy atom. The Kier molecular flexibility index (Phi) is 4.65. The Morgan fingerprint density at radius 2 is 2.47 bits per heavy atom. The number of carboxylic acid groups (broad SMARTS) is 1. The van der Waals surface area contributed by atoms with Crippen LogP contribution in [0, 0.1) is 5.82 Å². The Bertz CT molecular complexity index is 400. The molecule has 0 aliphatic carbocycles. The lowest BCUT2D eigenvalue weighted by molar-refractivity contribution is 0.175. The first kappa shape index (κ1) is 13.2. The summed E-state index contributed by atoms with van der Waals surface area (Å²) in [6.45, 7) is 1.87. The van der Waals surface area contributed by atoms with Crippen LogP contribution in [-0.4, -0.2) is 28.8 Å². The maximum Gasteiger partial charge on any atom is 0.404 e. The molecule has 7 heteroatoms. The van der Waals surface area contributed by atoms with Gasteiger partial charge in [-0.1, -0.05) is 0 Å². The van der Waals surface area contributed by atoms with Crippen LogP contribution < -0.4 is 15.8 Å². The summed E-state index contributed by atoms with van der Waals surface area (Å²) in [6.07, 6.45) is -0.535. The van der Waals surface area contributed by atoms with Crippen molar-refractivity contribution >= 4 is 6.09 Å². The van der Waals surface area contributed by atoms with Crippen molar-refractivity contribution in [2.75, 3.05) is 6.54 Å². The van der Waals surface area contributed by atoms with Gasteiger partial charge in [0.05, 0.1) is 12.7 Å². The molecule has 0 saturated heterocycles. The van der Waals surface area contributed by atoms with Crippen molar-refractivity contribution in [2.24, 2.45) is 5.73 Å². The number of amides is 1. The van der Waals surface area contributed by atoms with Gasteiger partial charge < -0.3 is 20.9 Å². The number of hydrogen-bond acceptors (Lipinski definition) is 4. The zero-order valence-corrected chi connectivity index (χ0v) is 9.31. The van der Waals surface area contributed by atoms with Crippen LogP contribution >= 0.6 is 0 Å². The van der Waals surface area contributed by atoms with Crippen molar-refractivity contribution in [3.8, 4) is 5.88 Å². The zero-order chi connectivity index (χ0) is 12.8. The molecule has 1 amide bonds. The van der Waals surface area contributed by atoms with Gasteiger partial charge >= 0.3 is 6.09 Å². The molecule has 1 aromatic heterocycles. The van der Waals surface area contributed by atoms with Crippen LogP contribution in [0.3, 0.4) is 0 Å². The summed E-state index contributed by atoms with van der Waals surface area (Å²) in [5.74, 6) is -0.275. The summed E-state index contributed by atoms with van der Waals surface area (Å²) in [4.78, 5) is 14.0. The first-order valence-electron chi connectivity index (χ1n) is 5.01. The molecule has 1 atom stereocenters. The molecule has 1 unspecified atom stereocenters. The molecular weight excluding hydrogens is 229 g/mol. The van der Waals surface area contributed by atoms with Crippen LogP contribution in [0.15, 0.2) is 12.3 Å². The minimum atomic E-state index is -1.13. The summed E-state index contributed by atoms with van der Waals surface area (Å²) in [5.41, 5.74) is 5.86. The number of nitrogens with two attached hydrogens (primary N) is 1. The van der Waals surface area contributed by atoms with Gasteiger partial charge in [-0.25, -0.2) is 14.2 Å². The lowest BCUT2D eigenvalue weighted by atomic mass is 10.2. The van der Waals surface area contributed by atoms with Crippen LogP contribution in [0.4, 0.5) is 9.18 Å². The van der Waals surface area contributed by atoms with Crippen molar-refractivity contribution < 1.29 is 19.0 Å². The minimum Gasteiger partial charge on any atom is -0.473 e. The molecule has 0 bridgehead atoms. The van der Waals surface area contributed by atoms with Crippen molar-refractivity contribution in [3.05, 3.63) is 23.6 Å². The monoisotopic (exact) mass is 243 g/mol. The number of ether oxygens (including phenoxy) is 1. The molecule has 6 nitrogen and oxygen atoms in total. The van der Waals surface area contributed by atoms with E-state index in [-0.39, 0.29) is 19.0 Å². The number of pyridine rings is 1. The Hall–Kier alpha value is -1.89. The minimum absolute atomic E-state index is 0.0964. The van der Waals surface area contributed by atoms with E-state index in [0.717, 1.165) is 6.20 Å². The van der Waals surface area contributed by atoms with E-state index in [1.807, 2.05) is 0 Å². The number of rotatable bonds is 5. The number of hydrogen-bond donors (Lipinski definition) is 3. The summed E-state index contributed by atoms with van der Waals surface area (Å²) >= 11 is 0. The van der Waals surface area contributed by atoms with E-state index in [1.165, 1.54) is 6.07 Å². The highest BCUT2D eigenvalue weighted by atomic mass is 19.1. The molecule has 17 heavy (non-hydrogen) atoms. The molecule has 1 rings (SSSR count). The van der Waals surface area contributed by atoms with Crippen molar-refractivity contribution in [2.45, 2.75) is 19.6 Å². The fraction of sp³-hybridized carbons (Fsp3) is 0.400.